The van der Waals surface area contributed by atoms with E-state index in [1.165, 1.54) is 6.08 Å². The fourth-order valence-corrected chi connectivity index (χ4v) is 3.56. The van der Waals surface area contributed by atoms with Crippen molar-refractivity contribution in [3.05, 3.63) is 42.5 Å². The van der Waals surface area contributed by atoms with Gasteiger partial charge in [-0.25, -0.2) is 9.59 Å². The fourth-order valence-electron chi connectivity index (χ4n) is 2.29. The zero-order valence-corrected chi connectivity index (χ0v) is 17.1. The lowest BCUT2D eigenvalue weighted by Crippen LogP contribution is -2.47. The minimum absolute atomic E-state index is 0.104. The van der Waals surface area contributed by atoms with Gasteiger partial charge in [0.15, 0.2) is 0 Å². The van der Waals surface area contributed by atoms with Crippen LogP contribution in [0.5, 0.6) is 0 Å². The van der Waals surface area contributed by atoms with Crippen molar-refractivity contribution < 1.29 is 19.4 Å². The molecule has 1 rings (SSSR count). The van der Waals surface area contributed by atoms with E-state index in [9.17, 15) is 9.59 Å². The molecule has 2 N–H and O–H groups in total. The second kappa shape index (κ2) is 9.12. The Kier molecular flexibility index (Phi) is 7.75. The van der Waals surface area contributed by atoms with Gasteiger partial charge in [-0.3, -0.25) is 0 Å². The lowest BCUT2D eigenvalue weighted by molar-refractivity contribution is -0.131. The summed E-state index contributed by atoms with van der Waals surface area (Å²) < 4.78 is 5.35. The molecule has 2 atom stereocenters. The highest BCUT2D eigenvalue weighted by Crippen LogP contribution is 2.38. The number of ether oxygens (including phenoxy) is 1. The number of carbonyl (C=O) groups is 2. The number of carboxylic acid groups (broad SMARTS) is 1. The molecule has 1 unspecified atom stereocenters. The van der Waals surface area contributed by atoms with Gasteiger partial charge in [0.25, 0.3) is 0 Å². The van der Waals surface area contributed by atoms with E-state index in [2.05, 4.69) is 26.1 Å². The third-order valence-electron chi connectivity index (χ3n) is 3.32. The predicted octanol–water partition coefficient (Wildman–Crippen LogP) is 4.73. The highest BCUT2D eigenvalue weighted by molar-refractivity contribution is 8.00. The Morgan fingerprint density at radius 1 is 1.12 bits per heavy atom. The number of nitrogens with one attached hydrogen (secondary N) is 1. The minimum Gasteiger partial charge on any atom is -0.478 e. The Bertz CT molecular complexity index is 629. The van der Waals surface area contributed by atoms with E-state index in [4.69, 9.17) is 9.84 Å². The zero-order chi connectivity index (χ0) is 20.0. The Hall–Kier alpha value is -1.95. The zero-order valence-electron chi connectivity index (χ0n) is 16.3. The first-order valence-electron chi connectivity index (χ1n) is 8.51. The first-order valence-corrected chi connectivity index (χ1v) is 9.39. The molecular formula is C20H29NO4S. The van der Waals surface area contributed by atoms with Gasteiger partial charge in [-0.2, -0.15) is 0 Å². The van der Waals surface area contributed by atoms with Crippen molar-refractivity contribution in [2.45, 2.75) is 63.3 Å². The summed E-state index contributed by atoms with van der Waals surface area (Å²) in [7, 11) is 0. The summed E-state index contributed by atoms with van der Waals surface area (Å²) in [6.45, 7) is 11.5. The summed E-state index contributed by atoms with van der Waals surface area (Å²) in [5, 5.41) is 11.7. The molecule has 0 aliphatic rings. The third kappa shape index (κ3) is 8.43. The van der Waals surface area contributed by atoms with Gasteiger partial charge in [0, 0.05) is 16.2 Å². The average Bonchev–Trinajstić information content (AvgIpc) is 2.47. The molecule has 1 amide bonds. The van der Waals surface area contributed by atoms with Crippen molar-refractivity contribution in [3.8, 4) is 0 Å². The number of hydrogen-bond acceptors (Lipinski definition) is 4. The molecule has 0 spiro atoms. The van der Waals surface area contributed by atoms with Crippen molar-refractivity contribution in [1.29, 1.82) is 0 Å². The molecule has 5 nitrogen and oxygen atoms in total. The Labute approximate surface area is 160 Å². The summed E-state index contributed by atoms with van der Waals surface area (Å²) in [6, 6.07) is 9.32. The number of alkyl carbamates (subject to hydrolysis) is 1. The number of aliphatic carboxylic acids is 1. The number of thioether (sulfide) groups is 1. The smallest absolute Gasteiger partial charge is 0.408 e. The highest BCUT2D eigenvalue weighted by Gasteiger charge is 2.34. The van der Waals surface area contributed by atoms with Gasteiger partial charge in [0.1, 0.15) is 5.60 Å². The van der Waals surface area contributed by atoms with E-state index in [-0.39, 0.29) is 10.7 Å². The summed E-state index contributed by atoms with van der Waals surface area (Å²) in [6.07, 6.45) is 2.00. The number of hydrogen-bond donors (Lipinski definition) is 2. The molecule has 144 valence electrons. The first kappa shape index (κ1) is 22.1. The van der Waals surface area contributed by atoms with E-state index >= 15 is 0 Å². The molecule has 1 aromatic carbocycles. The number of amides is 1. The number of benzene rings is 1. The van der Waals surface area contributed by atoms with Gasteiger partial charge >= 0.3 is 12.1 Å². The second-order valence-corrected chi connectivity index (χ2v) is 9.30. The van der Waals surface area contributed by atoms with Crippen LogP contribution in [0, 0.1) is 5.41 Å². The Balaban J connectivity index is 3.11. The van der Waals surface area contributed by atoms with Crippen LogP contribution >= 0.6 is 11.8 Å². The predicted molar refractivity (Wildman–Crippen MR) is 105 cm³/mol. The second-order valence-electron chi connectivity index (χ2n) is 8.09. The number of carbonyl (C=O) groups excluding carboxylic acids is 1. The molecule has 0 saturated carbocycles. The van der Waals surface area contributed by atoms with E-state index in [0.717, 1.165) is 11.0 Å². The van der Waals surface area contributed by atoms with Crippen LogP contribution in [0.3, 0.4) is 0 Å². The van der Waals surface area contributed by atoms with Crippen LogP contribution < -0.4 is 5.32 Å². The molecule has 6 heteroatoms. The van der Waals surface area contributed by atoms with Crippen LogP contribution in [0.2, 0.25) is 0 Å². The van der Waals surface area contributed by atoms with E-state index in [1.807, 2.05) is 30.3 Å². The lowest BCUT2D eigenvalue weighted by Gasteiger charge is -2.36. The van der Waals surface area contributed by atoms with Gasteiger partial charge < -0.3 is 15.2 Å². The molecular weight excluding hydrogens is 350 g/mol. The van der Waals surface area contributed by atoms with Gasteiger partial charge in [-0.15, -0.1) is 11.8 Å². The summed E-state index contributed by atoms with van der Waals surface area (Å²) >= 11 is 1.60. The maximum Gasteiger partial charge on any atom is 0.408 e. The van der Waals surface area contributed by atoms with Crippen LogP contribution in [0.25, 0.3) is 0 Å². The topological polar surface area (TPSA) is 75.6 Å². The van der Waals surface area contributed by atoms with E-state index < -0.39 is 23.7 Å². The molecule has 26 heavy (non-hydrogen) atoms. The van der Waals surface area contributed by atoms with Crippen LogP contribution in [-0.4, -0.2) is 34.1 Å². The molecule has 0 fully saturated rings. The van der Waals surface area contributed by atoms with Gasteiger partial charge in [-0.1, -0.05) is 45.0 Å². The maximum absolute atomic E-state index is 12.3. The molecule has 0 heterocycles. The molecule has 0 saturated heterocycles. The van der Waals surface area contributed by atoms with E-state index in [1.54, 1.807) is 32.5 Å². The summed E-state index contributed by atoms with van der Waals surface area (Å²) in [5.74, 6) is -1.06. The SMILES string of the molecule is CC(C)(C)OC(=O)N[C@H](/C=C/C(=O)O)C(Sc1ccccc1)C(C)(C)C. The highest BCUT2D eigenvalue weighted by atomic mass is 32.2. The molecule has 0 aromatic heterocycles. The lowest BCUT2D eigenvalue weighted by atomic mass is 9.87. The largest absolute Gasteiger partial charge is 0.478 e. The monoisotopic (exact) mass is 379 g/mol. The van der Waals surface area contributed by atoms with Crippen molar-refractivity contribution in [3.63, 3.8) is 0 Å². The number of carboxylic acids is 1. The van der Waals surface area contributed by atoms with Crippen LogP contribution in [0.4, 0.5) is 4.79 Å². The Morgan fingerprint density at radius 2 is 1.69 bits per heavy atom. The van der Waals surface area contributed by atoms with Gasteiger partial charge in [-0.05, 0) is 38.3 Å². The van der Waals surface area contributed by atoms with Crippen LogP contribution in [-0.2, 0) is 9.53 Å². The molecule has 1 aromatic rings. The Morgan fingerprint density at radius 3 is 2.15 bits per heavy atom. The normalized spacial score (nSPS) is 14.7. The molecule has 0 radical (unpaired) electrons. The average molecular weight is 380 g/mol. The third-order valence-corrected chi connectivity index (χ3v) is 5.11. The molecule has 0 bridgehead atoms. The molecule has 0 aliphatic heterocycles. The fraction of sp³-hybridized carbons (Fsp3) is 0.500. The quantitative estimate of drug-likeness (QED) is 0.552. The van der Waals surface area contributed by atoms with Crippen molar-refractivity contribution in [2.75, 3.05) is 0 Å². The van der Waals surface area contributed by atoms with Gasteiger partial charge in [0.2, 0.25) is 0 Å². The first-order chi connectivity index (χ1) is 11.9. The van der Waals surface area contributed by atoms with Crippen molar-refractivity contribution >= 4 is 23.8 Å². The van der Waals surface area contributed by atoms with E-state index in [0.29, 0.717) is 0 Å². The molecule has 0 aliphatic carbocycles. The number of rotatable bonds is 6. The maximum atomic E-state index is 12.3. The van der Waals surface area contributed by atoms with Crippen LogP contribution in [0.15, 0.2) is 47.4 Å². The minimum atomic E-state index is -1.06. The standard InChI is InChI=1S/C20H29NO4S/c1-19(2,3)17(26-14-10-8-7-9-11-14)15(12-13-16(22)23)21-18(24)25-20(4,5)6/h7-13,15,17H,1-6H3,(H,21,24)(H,22,23)/b13-12+/t15-,17?/m1/s1. The summed E-state index contributed by atoms with van der Waals surface area (Å²) in [4.78, 5) is 24.3. The van der Waals surface area contributed by atoms with Crippen LogP contribution in [0.1, 0.15) is 41.5 Å². The van der Waals surface area contributed by atoms with Crippen molar-refractivity contribution in [2.24, 2.45) is 5.41 Å². The van der Waals surface area contributed by atoms with Gasteiger partial charge in [0.05, 0.1) is 6.04 Å². The summed E-state index contributed by atoms with van der Waals surface area (Å²) in [5.41, 5.74) is -0.835. The van der Waals surface area contributed by atoms with Crippen molar-refractivity contribution in [1.82, 2.24) is 5.32 Å².